The van der Waals surface area contributed by atoms with Crippen molar-refractivity contribution in [3.63, 3.8) is 0 Å². The van der Waals surface area contributed by atoms with Crippen molar-refractivity contribution in [2.24, 2.45) is 0 Å². The van der Waals surface area contributed by atoms with Gasteiger partial charge in [-0.25, -0.2) is 0 Å². The zero-order valence-corrected chi connectivity index (χ0v) is 12.1. The molecule has 1 N–H and O–H groups in total. The monoisotopic (exact) mass is 305 g/mol. The van der Waals surface area contributed by atoms with Crippen molar-refractivity contribution in [2.45, 2.75) is 19.2 Å². The normalized spacial score (nSPS) is 12.7. The molecule has 0 amide bonds. The number of carboxylic acids is 1. The molecule has 5 heteroatoms. The van der Waals surface area contributed by atoms with Gasteiger partial charge in [-0.2, -0.15) is 0 Å². The van der Waals surface area contributed by atoms with Crippen molar-refractivity contribution in [1.82, 2.24) is 0 Å². The first kappa shape index (κ1) is 13.1. The number of benzene rings is 1. The average molecular weight is 306 g/mol. The molecule has 0 unspecified atom stereocenters. The first-order valence-electron chi connectivity index (χ1n) is 7.10. The second kappa shape index (κ2) is 9.05. The Labute approximate surface area is 126 Å². The van der Waals surface area contributed by atoms with Gasteiger partial charge in [0.2, 0.25) is 0 Å². The Bertz CT molecular complexity index is 449. The largest absolute Gasteiger partial charge is 0.481 e. The molecular formula is C14H19Cl2NO2. The predicted molar refractivity (Wildman–Crippen MR) is 80.7 cm³/mol. The van der Waals surface area contributed by atoms with Crippen molar-refractivity contribution >= 4 is 34.9 Å². The summed E-state index contributed by atoms with van der Waals surface area (Å²) in [6.07, 6.45) is -1.86. The van der Waals surface area contributed by atoms with Crippen LogP contribution in [0.4, 0.5) is 5.69 Å². The lowest BCUT2D eigenvalue weighted by molar-refractivity contribution is -0.137. The molecule has 0 saturated carbocycles. The van der Waals surface area contributed by atoms with E-state index in [1.165, 1.54) is 0 Å². The smallest absolute Gasteiger partial charge is 0.303 e. The van der Waals surface area contributed by atoms with Crippen LogP contribution in [0.5, 0.6) is 0 Å². The molecule has 3 nitrogen and oxygen atoms in total. The highest BCUT2D eigenvalue weighted by atomic mass is 35.5. The Morgan fingerprint density at radius 2 is 1.79 bits per heavy atom. The summed E-state index contributed by atoms with van der Waals surface area (Å²) in [5.41, 5.74) is 1.90. The fourth-order valence-electron chi connectivity index (χ4n) is 1.76. The van der Waals surface area contributed by atoms with E-state index in [1.807, 2.05) is 24.3 Å². The van der Waals surface area contributed by atoms with Crippen molar-refractivity contribution in [1.29, 1.82) is 0 Å². The lowest BCUT2D eigenvalue weighted by Gasteiger charge is -2.23. The molecule has 106 valence electrons. The first-order chi connectivity index (χ1) is 9.90. The van der Waals surface area contributed by atoms with Gasteiger partial charge >= 0.3 is 5.97 Å². The third-order valence-electron chi connectivity index (χ3n) is 2.70. The minimum atomic E-state index is -2.19. The number of rotatable bonds is 9. The lowest BCUT2D eigenvalue weighted by atomic mass is 10.1. The van der Waals surface area contributed by atoms with Gasteiger partial charge in [0.15, 0.2) is 0 Å². The number of hydrogen-bond donors (Lipinski definition) is 1. The fraction of sp³-hybridized carbons (Fsp3) is 0.500. The van der Waals surface area contributed by atoms with Crippen LogP contribution in [0, 0.1) is 0 Å². The Kier molecular flexibility index (Phi) is 6.23. The summed E-state index contributed by atoms with van der Waals surface area (Å²) < 4.78 is 14.8. The Morgan fingerprint density at radius 1 is 1.21 bits per heavy atom. The highest BCUT2D eigenvalue weighted by Crippen LogP contribution is 2.16. The second-order valence-electron chi connectivity index (χ2n) is 4.01. The van der Waals surface area contributed by atoms with Crippen LogP contribution in [0.3, 0.4) is 0 Å². The standard InChI is InChI=1S/C14H19Cl2NO2/c15-8-10-17(11-9-16)13-6-4-12(5-7-13)2-1-3-14(18)19/h4-7H,1-3,8-11H2,(H,18,19)/i3D2. The third-order valence-corrected chi connectivity index (χ3v) is 3.04. The quantitative estimate of drug-likeness (QED) is 0.711. The molecule has 1 rings (SSSR count). The van der Waals surface area contributed by atoms with E-state index in [9.17, 15) is 4.79 Å². The lowest BCUT2D eigenvalue weighted by Crippen LogP contribution is -2.27. The number of nitrogens with zero attached hydrogens (tertiary/aromatic N) is 1. The van der Waals surface area contributed by atoms with Crippen LogP contribution in [0.1, 0.15) is 21.1 Å². The first-order valence-corrected chi connectivity index (χ1v) is 7.17. The van der Waals surface area contributed by atoms with Crippen molar-refractivity contribution in [2.75, 3.05) is 29.7 Å². The van der Waals surface area contributed by atoms with E-state index in [0.717, 1.165) is 11.3 Å². The number of aliphatic carboxylic acids is 1. The molecule has 1 aromatic carbocycles. The molecule has 0 spiro atoms. The van der Waals surface area contributed by atoms with Crippen LogP contribution >= 0.6 is 23.2 Å². The fourth-order valence-corrected chi connectivity index (χ4v) is 2.17. The van der Waals surface area contributed by atoms with Gasteiger partial charge in [0.1, 0.15) is 0 Å². The highest BCUT2D eigenvalue weighted by molar-refractivity contribution is 6.18. The zero-order chi connectivity index (χ0) is 15.9. The number of carboxylic acid groups (broad SMARTS) is 1. The van der Waals surface area contributed by atoms with Gasteiger partial charge in [0, 0.05) is 39.7 Å². The molecule has 0 aliphatic heterocycles. The van der Waals surface area contributed by atoms with Crippen molar-refractivity contribution in [3.8, 4) is 0 Å². The maximum absolute atomic E-state index is 10.7. The molecular weight excluding hydrogens is 285 g/mol. The summed E-state index contributed by atoms with van der Waals surface area (Å²) in [7, 11) is 0. The number of alkyl halides is 2. The third kappa shape index (κ3) is 6.17. The van der Waals surface area contributed by atoms with Crippen LogP contribution in [-0.2, 0) is 11.2 Å². The molecule has 0 aromatic heterocycles. The molecule has 1 aromatic rings. The Hall–Kier alpha value is -0.930. The maximum Gasteiger partial charge on any atom is 0.303 e. The van der Waals surface area contributed by atoms with Gasteiger partial charge in [0.05, 0.1) is 0 Å². The predicted octanol–water partition coefficient (Wildman–Crippen LogP) is 3.38. The molecule has 19 heavy (non-hydrogen) atoms. The highest BCUT2D eigenvalue weighted by Gasteiger charge is 2.05. The number of halogens is 2. The summed E-state index contributed by atoms with van der Waals surface area (Å²) in [5.74, 6) is -0.399. The van der Waals surface area contributed by atoms with E-state index in [2.05, 4.69) is 4.90 Å². The van der Waals surface area contributed by atoms with Gasteiger partial charge in [0.25, 0.3) is 0 Å². The number of anilines is 1. The minimum Gasteiger partial charge on any atom is -0.481 e. The zero-order valence-electron chi connectivity index (χ0n) is 12.6. The van der Waals surface area contributed by atoms with E-state index in [4.69, 9.17) is 31.0 Å². The van der Waals surface area contributed by atoms with Gasteiger partial charge in [-0.1, -0.05) is 12.1 Å². The van der Waals surface area contributed by atoms with Crippen LogP contribution in [0.15, 0.2) is 24.3 Å². The van der Waals surface area contributed by atoms with Gasteiger partial charge < -0.3 is 10.0 Å². The maximum atomic E-state index is 10.7. The van der Waals surface area contributed by atoms with Gasteiger partial charge in [-0.15, -0.1) is 23.2 Å². The minimum absolute atomic E-state index is 0.0469. The average Bonchev–Trinajstić information content (AvgIpc) is 2.45. The van der Waals surface area contributed by atoms with Crippen molar-refractivity contribution in [3.05, 3.63) is 29.8 Å². The van der Waals surface area contributed by atoms with E-state index < -0.39 is 12.3 Å². The molecule has 0 radical (unpaired) electrons. The molecule has 0 bridgehead atoms. The molecule has 0 aliphatic carbocycles. The van der Waals surface area contributed by atoms with E-state index in [0.29, 0.717) is 31.3 Å². The van der Waals surface area contributed by atoms with Crippen molar-refractivity contribution < 1.29 is 12.6 Å². The molecule has 0 heterocycles. The van der Waals surface area contributed by atoms with Crippen LogP contribution in [0.25, 0.3) is 0 Å². The van der Waals surface area contributed by atoms with E-state index >= 15 is 0 Å². The van der Waals surface area contributed by atoms with Crippen LogP contribution in [0.2, 0.25) is 0 Å². The molecule has 0 saturated heterocycles. The second-order valence-corrected chi connectivity index (χ2v) is 4.77. The number of aryl methyl sites for hydroxylation is 1. The summed E-state index contributed by atoms with van der Waals surface area (Å²) in [6, 6.07) is 7.60. The van der Waals surface area contributed by atoms with E-state index in [-0.39, 0.29) is 6.42 Å². The Morgan fingerprint density at radius 3 is 2.26 bits per heavy atom. The van der Waals surface area contributed by atoms with Crippen LogP contribution < -0.4 is 4.90 Å². The summed E-state index contributed by atoms with van der Waals surface area (Å²) in [6.45, 7) is 1.41. The SMILES string of the molecule is [2H]C([2H])(CCc1ccc(N(CCCl)CCCl)cc1)C(=O)O. The summed E-state index contributed by atoms with van der Waals surface area (Å²) >= 11 is 11.5. The van der Waals surface area contributed by atoms with E-state index in [1.54, 1.807) is 0 Å². The molecule has 0 aliphatic rings. The number of carbonyl (C=O) groups is 1. The summed E-state index contributed by atoms with van der Waals surface area (Å²) in [4.78, 5) is 12.8. The van der Waals surface area contributed by atoms with Gasteiger partial charge in [-0.3, -0.25) is 4.79 Å². The topological polar surface area (TPSA) is 40.5 Å². The molecule has 0 fully saturated rings. The summed E-state index contributed by atoms with van der Waals surface area (Å²) in [5, 5.41) is 8.75. The Balaban J connectivity index is 2.67. The number of hydrogen-bond acceptors (Lipinski definition) is 2. The van der Waals surface area contributed by atoms with Gasteiger partial charge in [-0.05, 0) is 30.5 Å². The van der Waals surface area contributed by atoms with Crippen LogP contribution in [-0.4, -0.2) is 35.9 Å². The molecule has 0 atom stereocenters.